The fraction of sp³-hybridized carbons (Fsp3) is 0.375. The molecule has 0 bridgehead atoms. The summed E-state index contributed by atoms with van der Waals surface area (Å²) in [6.07, 6.45) is 0. The van der Waals surface area contributed by atoms with Crippen LogP contribution in [0.3, 0.4) is 0 Å². The molecule has 31 heavy (non-hydrogen) atoms. The van der Waals surface area contributed by atoms with Crippen molar-refractivity contribution in [2.45, 2.75) is 32.3 Å². The van der Waals surface area contributed by atoms with Crippen LogP contribution in [0.1, 0.15) is 30.9 Å². The van der Waals surface area contributed by atoms with E-state index < -0.39 is 22.7 Å². The summed E-state index contributed by atoms with van der Waals surface area (Å²) in [4.78, 5) is 2.98. The van der Waals surface area contributed by atoms with Crippen LogP contribution >= 0.6 is 0 Å². The molecule has 3 N–H and O–H groups in total. The largest absolute Gasteiger partial charge is 0.489 e. The summed E-state index contributed by atoms with van der Waals surface area (Å²) in [6, 6.07) is 22.0. The average Bonchev–Trinajstić information content (AvgIpc) is 3.38. The molecule has 0 aromatic heterocycles. The van der Waals surface area contributed by atoms with Crippen molar-refractivity contribution in [2.24, 2.45) is 16.6 Å². The van der Waals surface area contributed by atoms with Crippen molar-refractivity contribution in [2.75, 3.05) is 13.2 Å². The first-order valence-corrected chi connectivity index (χ1v) is 10.3. The fourth-order valence-electron chi connectivity index (χ4n) is 4.85. The molecule has 0 saturated heterocycles. The Bertz CT molecular complexity index is 1060. The molecule has 1 fully saturated rings. The molecule has 3 atom stereocenters. The summed E-state index contributed by atoms with van der Waals surface area (Å²) >= 11 is 0. The molecule has 0 radical (unpaired) electrons. The number of amidine groups is 1. The Balaban J connectivity index is 1.64. The fourth-order valence-corrected chi connectivity index (χ4v) is 4.85. The molecular formula is C24H25N4O3+. The third kappa shape index (κ3) is 2.75. The van der Waals surface area contributed by atoms with Gasteiger partial charge in [-0.25, -0.2) is 4.99 Å². The lowest BCUT2D eigenvalue weighted by Gasteiger charge is -2.29. The van der Waals surface area contributed by atoms with E-state index in [0.717, 1.165) is 11.1 Å². The van der Waals surface area contributed by atoms with Gasteiger partial charge in [0.2, 0.25) is 0 Å². The van der Waals surface area contributed by atoms with Crippen LogP contribution in [0.5, 0.6) is 5.75 Å². The molecule has 7 nitrogen and oxygen atoms in total. The van der Waals surface area contributed by atoms with Gasteiger partial charge in [0.15, 0.2) is 10.8 Å². The molecule has 2 aliphatic rings. The van der Waals surface area contributed by atoms with Gasteiger partial charge in [-0.3, -0.25) is 5.73 Å². The molecular weight excluding hydrogens is 392 g/mol. The molecule has 1 aliphatic carbocycles. The summed E-state index contributed by atoms with van der Waals surface area (Å²) < 4.78 is 17.7. The second kappa shape index (κ2) is 7.70. The van der Waals surface area contributed by atoms with Crippen molar-refractivity contribution in [3.63, 3.8) is 0 Å². The van der Waals surface area contributed by atoms with Crippen molar-refractivity contribution in [1.82, 2.24) is 0 Å². The lowest BCUT2D eigenvalue weighted by atomic mass is 9.93. The molecule has 2 aromatic rings. The molecule has 7 heteroatoms. The topological polar surface area (TPSA) is 115 Å². The number of hydrogen-bond donors (Lipinski definition) is 2. The van der Waals surface area contributed by atoms with Crippen LogP contribution in [0.25, 0.3) is 0 Å². The van der Waals surface area contributed by atoms with E-state index in [1.54, 1.807) is 0 Å². The number of ether oxygens (including phenoxy) is 3. The van der Waals surface area contributed by atoms with Crippen molar-refractivity contribution >= 4 is 5.84 Å². The maximum atomic E-state index is 10.3. The predicted molar refractivity (Wildman–Crippen MR) is 112 cm³/mol. The number of nitriles is 2. The maximum absolute atomic E-state index is 10.3. The molecule has 158 valence electrons. The molecule has 0 unspecified atom stereocenters. The normalized spacial score (nSPS) is 27.5. The molecule has 0 amide bonds. The van der Waals surface area contributed by atoms with Gasteiger partial charge < -0.3 is 14.2 Å². The van der Waals surface area contributed by atoms with Crippen LogP contribution in [0, 0.1) is 33.5 Å². The molecule has 0 spiro atoms. The highest BCUT2D eigenvalue weighted by Gasteiger charge is 2.97. The van der Waals surface area contributed by atoms with E-state index in [1.165, 1.54) is 0 Å². The zero-order valence-corrected chi connectivity index (χ0v) is 17.6. The first kappa shape index (κ1) is 20.9. The number of nitrogens with two attached hydrogens (primary N) is 1. The van der Waals surface area contributed by atoms with Crippen LogP contribution in [-0.2, 0) is 16.1 Å². The van der Waals surface area contributed by atoms with E-state index in [-0.39, 0.29) is 5.84 Å². The van der Waals surface area contributed by atoms with Gasteiger partial charge in [0, 0.05) is 5.92 Å². The van der Waals surface area contributed by atoms with Gasteiger partial charge in [0.25, 0.3) is 5.84 Å². The quantitative estimate of drug-likeness (QED) is 0.630. The number of fused-ring (bicyclic) bond motifs is 1. The zero-order chi connectivity index (χ0) is 22.1. The predicted octanol–water partition coefficient (Wildman–Crippen LogP) is 1.56. The Labute approximate surface area is 181 Å². The summed E-state index contributed by atoms with van der Waals surface area (Å²) in [5.41, 5.74) is 5.63. The highest BCUT2D eigenvalue weighted by Crippen LogP contribution is 2.78. The first-order valence-electron chi connectivity index (χ1n) is 10.3. The molecule has 1 saturated carbocycles. The van der Waals surface area contributed by atoms with Crippen LogP contribution in [0.2, 0.25) is 0 Å². The van der Waals surface area contributed by atoms with Crippen molar-refractivity contribution in [3.05, 3.63) is 65.7 Å². The van der Waals surface area contributed by atoms with Crippen LogP contribution in [0.15, 0.2) is 54.6 Å². The lowest BCUT2D eigenvalue weighted by Crippen LogP contribution is -2.91. The van der Waals surface area contributed by atoms with E-state index in [1.807, 2.05) is 68.4 Å². The van der Waals surface area contributed by atoms with Gasteiger partial charge >= 0.3 is 5.91 Å². The first-order chi connectivity index (χ1) is 15.0. The number of benzene rings is 2. The van der Waals surface area contributed by atoms with E-state index in [4.69, 9.17) is 19.9 Å². The number of hydrogen-bond acceptors (Lipinski definition) is 6. The summed E-state index contributed by atoms with van der Waals surface area (Å²) in [7, 11) is 0. The summed E-state index contributed by atoms with van der Waals surface area (Å²) in [5.74, 6) is -1.06. The van der Waals surface area contributed by atoms with E-state index >= 15 is 0 Å². The van der Waals surface area contributed by atoms with Gasteiger partial charge in [-0.1, -0.05) is 42.5 Å². The van der Waals surface area contributed by atoms with Crippen LogP contribution < -0.4 is 15.5 Å². The molecule has 1 heterocycles. The molecule has 2 aromatic carbocycles. The highest BCUT2D eigenvalue weighted by atomic mass is 16.7. The van der Waals surface area contributed by atoms with Gasteiger partial charge in [0.1, 0.15) is 12.4 Å². The average molecular weight is 417 g/mol. The van der Waals surface area contributed by atoms with Gasteiger partial charge in [-0.15, -0.1) is 0 Å². The Kier molecular flexibility index (Phi) is 5.18. The van der Waals surface area contributed by atoms with Crippen molar-refractivity contribution in [1.29, 1.82) is 10.5 Å². The number of nitrogens with one attached hydrogen (secondary N) is 1. The Morgan fingerprint density at radius 1 is 0.968 bits per heavy atom. The lowest BCUT2D eigenvalue weighted by molar-refractivity contribution is -0.693. The number of nitrogens with zero attached hydrogens (tertiary/aromatic N) is 2. The highest BCUT2D eigenvalue weighted by molar-refractivity contribution is 5.95. The SMILES string of the molecule is CCOC1(OCC)[NH+]=C(N)[C@@]2(C#N)[C@H](c3ccc(OCc4ccccc4)cc3)[C@@]12C#N. The summed E-state index contributed by atoms with van der Waals surface area (Å²) in [5, 5.41) is 20.4. The maximum Gasteiger partial charge on any atom is 0.343 e. The Hall–Kier alpha value is -3.39. The summed E-state index contributed by atoms with van der Waals surface area (Å²) in [6.45, 7) is 4.67. The van der Waals surface area contributed by atoms with Crippen LogP contribution in [0.4, 0.5) is 0 Å². The number of rotatable bonds is 8. The standard InChI is InChI=1S/C24H24N4O3/c1-3-30-24(31-4-2)23(16-26)20(22(23,15-25)21(27)28-24)18-10-12-19(13-11-18)29-14-17-8-6-5-7-9-17/h5-13,20H,3-4,14H2,1-2H3,(H2,27,28)/p+1/t20-,22+,23+/m0/s1. The van der Waals surface area contributed by atoms with Crippen LogP contribution in [-0.4, -0.2) is 25.0 Å². The molecule has 1 aliphatic heterocycles. The minimum Gasteiger partial charge on any atom is -0.489 e. The van der Waals surface area contributed by atoms with Crippen molar-refractivity contribution < 1.29 is 19.2 Å². The van der Waals surface area contributed by atoms with Gasteiger partial charge in [-0.05, 0) is 37.1 Å². The minimum absolute atomic E-state index is 0.202. The third-order valence-corrected chi connectivity index (χ3v) is 6.16. The van der Waals surface area contributed by atoms with E-state index in [9.17, 15) is 10.5 Å². The smallest absolute Gasteiger partial charge is 0.343 e. The van der Waals surface area contributed by atoms with Gasteiger partial charge in [0.05, 0.1) is 25.4 Å². The zero-order valence-electron chi connectivity index (χ0n) is 17.6. The minimum atomic E-state index is -1.47. The third-order valence-electron chi connectivity index (χ3n) is 6.16. The Morgan fingerprint density at radius 2 is 1.61 bits per heavy atom. The second-order valence-electron chi connectivity index (χ2n) is 7.64. The van der Waals surface area contributed by atoms with Gasteiger partial charge in [-0.2, -0.15) is 10.5 Å². The van der Waals surface area contributed by atoms with E-state index in [2.05, 4.69) is 17.1 Å². The molecule has 4 rings (SSSR count). The van der Waals surface area contributed by atoms with E-state index in [0.29, 0.717) is 25.6 Å². The Morgan fingerprint density at radius 3 is 2.16 bits per heavy atom. The van der Waals surface area contributed by atoms with Crippen molar-refractivity contribution in [3.8, 4) is 17.9 Å². The monoisotopic (exact) mass is 417 g/mol. The second-order valence-corrected chi connectivity index (χ2v) is 7.64.